The molecule has 2 rings (SSSR count). The molecule has 0 aliphatic carbocycles. The van der Waals surface area contributed by atoms with Crippen molar-refractivity contribution < 1.29 is 4.79 Å². The van der Waals surface area contributed by atoms with Gasteiger partial charge in [-0.3, -0.25) is 16.0 Å². The molecule has 1 heterocycles. The summed E-state index contributed by atoms with van der Waals surface area (Å²) in [5, 5.41) is 12.0. The molecule has 0 bridgehead atoms. The van der Waals surface area contributed by atoms with Crippen molar-refractivity contribution in [2.75, 3.05) is 10.7 Å². The van der Waals surface area contributed by atoms with Crippen LogP contribution in [0.25, 0.3) is 0 Å². The van der Waals surface area contributed by atoms with E-state index in [1.807, 2.05) is 19.9 Å². The van der Waals surface area contributed by atoms with Gasteiger partial charge in [0, 0.05) is 11.3 Å². The monoisotopic (exact) mass is 277 g/mol. The van der Waals surface area contributed by atoms with Gasteiger partial charge in [0.2, 0.25) is 5.13 Å². The first kappa shape index (κ1) is 13.4. The van der Waals surface area contributed by atoms with Crippen LogP contribution < -0.4 is 16.6 Å². The van der Waals surface area contributed by atoms with Crippen LogP contribution >= 0.6 is 11.3 Å². The summed E-state index contributed by atoms with van der Waals surface area (Å²) in [7, 11) is 0. The van der Waals surface area contributed by atoms with Gasteiger partial charge in [0.15, 0.2) is 0 Å². The molecule has 1 aromatic carbocycles. The van der Waals surface area contributed by atoms with Crippen LogP contribution in [0.15, 0.2) is 18.2 Å². The second kappa shape index (κ2) is 5.77. The Bertz CT molecular complexity index is 596. The maximum absolute atomic E-state index is 12.1. The number of hydrazine groups is 1. The van der Waals surface area contributed by atoms with Crippen LogP contribution in [0.4, 0.5) is 10.8 Å². The normalized spacial score (nSPS) is 10.3. The lowest BCUT2D eigenvalue weighted by Crippen LogP contribution is -2.14. The third kappa shape index (κ3) is 3.07. The van der Waals surface area contributed by atoms with Crippen molar-refractivity contribution in [3.63, 3.8) is 0 Å². The molecule has 1 amide bonds. The number of carbonyl (C=O) groups is 1. The molecule has 0 saturated heterocycles. The molecule has 0 aliphatic rings. The molecule has 19 heavy (non-hydrogen) atoms. The Balaban J connectivity index is 2.15. The lowest BCUT2D eigenvalue weighted by molar-refractivity contribution is 0.102. The average Bonchev–Trinajstić information content (AvgIpc) is 2.86. The zero-order valence-electron chi connectivity index (χ0n) is 10.7. The van der Waals surface area contributed by atoms with E-state index in [1.54, 1.807) is 12.1 Å². The zero-order valence-corrected chi connectivity index (χ0v) is 11.5. The summed E-state index contributed by atoms with van der Waals surface area (Å²) >= 11 is 1.38. The number of benzene rings is 1. The Morgan fingerprint density at radius 3 is 2.79 bits per heavy atom. The molecule has 0 aliphatic heterocycles. The quantitative estimate of drug-likeness (QED) is 0.586. The molecule has 0 atom stereocenters. The molecule has 7 heteroatoms. The van der Waals surface area contributed by atoms with E-state index < -0.39 is 0 Å². The van der Waals surface area contributed by atoms with E-state index in [1.165, 1.54) is 11.3 Å². The second-order valence-corrected chi connectivity index (χ2v) is 5.04. The van der Waals surface area contributed by atoms with Gasteiger partial charge in [0.1, 0.15) is 5.01 Å². The standard InChI is InChI=1S/C12H15N5OS/c1-3-10-16-17-12(19-10)14-11(18)9-5-4-8(15-13)6-7(9)2/h4-6,15H,3,13H2,1-2H3,(H,14,17,18). The first-order valence-corrected chi connectivity index (χ1v) is 6.66. The summed E-state index contributed by atoms with van der Waals surface area (Å²) in [5.74, 6) is 5.12. The molecule has 100 valence electrons. The third-order valence-electron chi connectivity index (χ3n) is 2.63. The minimum atomic E-state index is -0.195. The molecule has 0 spiro atoms. The molecule has 0 unspecified atom stereocenters. The summed E-state index contributed by atoms with van der Waals surface area (Å²) < 4.78 is 0. The van der Waals surface area contributed by atoms with Gasteiger partial charge in [-0.2, -0.15) is 0 Å². The topological polar surface area (TPSA) is 92.9 Å². The molecule has 2 aromatic rings. The van der Waals surface area contributed by atoms with Gasteiger partial charge in [0.25, 0.3) is 5.91 Å². The van der Waals surface area contributed by atoms with Gasteiger partial charge >= 0.3 is 0 Å². The molecule has 4 N–H and O–H groups in total. The number of hydrogen-bond acceptors (Lipinski definition) is 6. The fourth-order valence-electron chi connectivity index (χ4n) is 1.62. The van der Waals surface area contributed by atoms with Crippen molar-refractivity contribution in [3.05, 3.63) is 34.3 Å². The maximum atomic E-state index is 12.1. The molecule has 0 radical (unpaired) electrons. The van der Waals surface area contributed by atoms with E-state index in [-0.39, 0.29) is 5.91 Å². The van der Waals surface area contributed by atoms with Crippen LogP contribution in [0.2, 0.25) is 0 Å². The number of aryl methyl sites for hydroxylation is 2. The largest absolute Gasteiger partial charge is 0.324 e. The molecule has 1 aromatic heterocycles. The highest BCUT2D eigenvalue weighted by atomic mass is 32.1. The van der Waals surface area contributed by atoms with E-state index in [0.29, 0.717) is 10.7 Å². The number of rotatable bonds is 4. The SMILES string of the molecule is CCc1nnc(NC(=O)c2ccc(NN)cc2C)s1. The van der Waals surface area contributed by atoms with Crippen LogP contribution in [0.3, 0.4) is 0 Å². The van der Waals surface area contributed by atoms with Gasteiger partial charge in [0.05, 0.1) is 0 Å². The van der Waals surface area contributed by atoms with Gasteiger partial charge in [-0.1, -0.05) is 18.3 Å². The molecule has 6 nitrogen and oxygen atoms in total. The van der Waals surface area contributed by atoms with Gasteiger partial charge < -0.3 is 5.43 Å². The third-order valence-corrected chi connectivity index (χ3v) is 3.61. The van der Waals surface area contributed by atoms with E-state index in [9.17, 15) is 4.79 Å². The summed E-state index contributed by atoms with van der Waals surface area (Å²) in [6.45, 7) is 3.85. The molecular formula is C12H15N5OS. The van der Waals surface area contributed by atoms with Crippen molar-refractivity contribution in [1.82, 2.24) is 10.2 Å². The smallest absolute Gasteiger partial charge is 0.257 e. The lowest BCUT2D eigenvalue weighted by Gasteiger charge is -2.07. The zero-order chi connectivity index (χ0) is 13.8. The number of aromatic nitrogens is 2. The Morgan fingerprint density at radius 2 is 2.21 bits per heavy atom. The number of nitrogens with two attached hydrogens (primary N) is 1. The minimum absolute atomic E-state index is 0.195. The van der Waals surface area contributed by atoms with Crippen molar-refractivity contribution >= 4 is 28.1 Å². The van der Waals surface area contributed by atoms with Crippen molar-refractivity contribution in [3.8, 4) is 0 Å². The van der Waals surface area contributed by atoms with Gasteiger partial charge in [-0.15, -0.1) is 10.2 Å². The van der Waals surface area contributed by atoms with E-state index in [2.05, 4.69) is 20.9 Å². The fourth-order valence-corrected chi connectivity index (χ4v) is 2.29. The number of carbonyl (C=O) groups excluding carboxylic acids is 1. The molecule has 0 fully saturated rings. The predicted molar refractivity (Wildman–Crippen MR) is 76.2 cm³/mol. The van der Waals surface area contributed by atoms with Crippen LogP contribution in [-0.2, 0) is 6.42 Å². The number of nitrogens with zero attached hydrogens (tertiary/aromatic N) is 2. The highest BCUT2D eigenvalue weighted by Crippen LogP contribution is 2.19. The molecular weight excluding hydrogens is 262 g/mol. The van der Waals surface area contributed by atoms with E-state index in [0.717, 1.165) is 22.7 Å². The number of nitrogen functional groups attached to an aromatic ring is 1. The van der Waals surface area contributed by atoms with E-state index in [4.69, 9.17) is 5.84 Å². The van der Waals surface area contributed by atoms with Crippen molar-refractivity contribution in [2.24, 2.45) is 5.84 Å². The van der Waals surface area contributed by atoms with Crippen molar-refractivity contribution in [1.29, 1.82) is 0 Å². The van der Waals surface area contributed by atoms with Crippen molar-refractivity contribution in [2.45, 2.75) is 20.3 Å². The van der Waals surface area contributed by atoms with Gasteiger partial charge in [-0.25, -0.2) is 0 Å². The Morgan fingerprint density at radius 1 is 1.42 bits per heavy atom. The number of hydrogen-bond donors (Lipinski definition) is 3. The first-order valence-electron chi connectivity index (χ1n) is 5.85. The number of nitrogens with one attached hydrogen (secondary N) is 2. The van der Waals surface area contributed by atoms with E-state index >= 15 is 0 Å². The Labute approximate surface area is 115 Å². The second-order valence-electron chi connectivity index (χ2n) is 3.98. The van der Waals surface area contributed by atoms with Crippen LogP contribution in [-0.4, -0.2) is 16.1 Å². The summed E-state index contributed by atoms with van der Waals surface area (Å²) in [4.78, 5) is 12.1. The lowest BCUT2D eigenvalue weighted by atomic mass is 10.1. The Hall–Kier alpha value is -1.99. The highest BCUT2D eigenvalue weighted by molar-refractivity contribution is 7.15. The number of amides is 1. The Kier molecular flexibility index (Phi) is 4.08. The summed E-state index contributed by atoms with van der Waals surface area (Å²) in [5.41, 5.74) is 4.74. The van der Waals surface area contributed by atoms with Gasteiger partial charge in [-0.05, 0) is 37.1 Å². The number of anilines is 2. The molecule has 0 saturated carbocycles. The maximum Gasteiger partial charge on any atom is 0.257 e. The van der Waals surface area contributed by atoms with Crippen LogP contribution in [0.5, 0.6) is 0 Å². The fraction of sp³-hybridized carbons (Fsp3) is 0.250. The minimum Gasteiger partial charge on any atom is -0.324 e. The average molecular weight is 277 g/mol. The van der Waals surface area contributed by atoms with Crippen LogP contribution in [0.1, 0.15) is 27.9 Å². The predicted octanol–water partition coefficient (Wildman–Crippen LogP) is 1.95. The highest BCUT2D eigenvalue weighted by Gasteiger charge is 2.12. The first-order chi connectivity index (χ1) is 9.13. The summed E-state index contributed by atoms with van der Waals surface area (Å²) in [6.07, 6.45) is 0.809. The summed E-state index contributed by atoms with van der Waals surface area (Å²) in [6, 6.07) is 5.29. The van der Waals surface area contributed by atoms with Crippen LogP contribution in [0, 0.1) is 6.92 Å².